The van der Waals surface area contributed by atoms with E-state index in [4.69, 9.17) is 4.74 Å². The van der Waals surface area contributed by atoms with Gasteiger partial charge in [-0.1, -0.05) is 25.1 Å². The minimum atomic E-state index is -0.149. The van der Waals surface area contributed by atoms with E-state index in [0.29, 0.717) is 12.6 Å². The van der Waals surface area contributed by atoms with Gasteiger partial charge in [-0.05, 0) is 63.9 Å². The summed E-state index contributed by atoms with van der Waals surface area (Å²) in [6.07, 6.45) is 5.43. The number of piperidine rings is 2. The number of nitrogens with one attached hydrogen (secondary N) is 1. The molecule has 1 amide bonds. The molecule has 0 spiro atoms. The third-order valence-corrected chi connectivity index (χ3v) is 6.48. The first kappa shape index (κ1) is 20.3. The minimum Gasteiger partial charge on any atom is -0.385 e. The number of likely N-dealkylation sites (tertiary alicyclic amines) is 2. The van der Waals surface area contributed by atoms with Gasteiger partial charge in [0.2, 0.25) is 0 Å². The predicted molar refractivity (Wildman–Crippen MR) is 109 cm³/mol. The summed E-state index contributed by atoms with van der Waals surface area (Å²) in [5.74, 6) is 0.0383. The summed E-state index contributed by atoms with van der Waals surface area (Å²) in [7, 11) is 1.74. The van der Waals surface area contributed by atoms with Crippen molar-refractivity contribution in [1.29, 1.82) is 0 Å². The Morgan fingerprint density at radius 2 is 1.81 bits per heavy atom. The van der Waals surface area contributed by atoms with Gasteiger partial charge in [-0.3, -0.25) is 4.79 Å². The summed E-state index contributed by atoms with van der Waals surface area (Å²) in [6.45, 7) is 8.67. The van der Waals surface area contributed by atoms with Crippen molar-refractivity contribution in [3.63, 3.8) is 0 Å². The first-order chi connectivity index (χ1) is 13.2. The number of ether oxygens (including phenoxy) is 1. The van der Waals surface area contributed by atoms with Crippen LogP contribution >= 0.6 is 0 Å². The molecule has 2 saturated heterocycles. The Balaban J connectivity index is 1.59. The third kappa shape index (κ3) is 5.31. The molecule has 1 aromatic rings. The van der Waals surface area contributed by atoms with Gasteiger partial charge in [0.05, 0.1) is 0 Å². The van der Waals surface area contributed by atoms with Crippen molar-refractivity contribution in [2.45, 2.75) is 50.6 Å². The molecule has 2 heterocycles. The summed E-state index contributed by atoms with van der Waals surface area (Å²) >= 11 is 0. The lowest BCUT2D eigenvalue weighted by atomic mass is 9.83. The maximum absolute atomic E-state index is 12.8. The predicted octanol–water partition coefficient (Wildman–Crippen LogP) is 2.77. The molecule has 2 aliphatic heterocycles. The van der Waals surface area contributed by atoms with Crippen LogP contribution in [0.4, 0.5) is 0 Å². The van der Waals surface area contributed by atoms with E-state index in [9.17, 15) is 4.79 Å². The van der Waals surface area contributed by atoms with E-state index in [0.717, 1.165) is 37.9 Å². The molecular weight excluding hydrogens is 338 g/mol. The van der Waals surface area contributed by atoms with Gasteiger partial charge in [0.1, 0.15) is 0 Å². The monoisotopic (exact) mass is 373 g/mol. The van der Waals surface area contributed by atoms with Crippen molar-refractivity contribution in [3.8, 4) is 0 Å². The van der Waals surface area contributed by atoms with Gasteiger partial charge in [0.25, 0.3) is 5.91 Å². The summed E-state index contributed by atoms with van der Waals surface area (Å²) in [5.41, 5.74) is 0.590. The summed E-state index contributed by atoms with van der Waals surface area (Å²) in [6, 6.07) is 10.3. The van der Waals surface area contributed by atoms with E-state index < -0.39 is 0 Å². The van der Waals surface area contributed by atoms with Crippen LogP contribution in [0.3, 0.4) is 0 Å². The highest BCUT2D eigenvalue weighted by Gasteiger charge is 2.38. The molecule has 2 aliphatic rings. The van der Waals surface area contributed by atoms with Crippen LogP contribution in [0.2, 0.25) is 0 Å². The highest BCUT2D eigenvalue weighted by molar-refractivity contribution is 5.94. The molecule has 1 aromatic carbocycles. The van der Waals surface area contributed by atoms with Crippen LogP contribution in [0.5, 0.6) is 0 Å². The van der Waals surface area contributed by atoms with Crippen molar-refractivity contribution in [2.75, 3.05) is 46.4 Å². The largest absolute Gasteiger partial charge is 0.385 e. The summed E-state index contributed by atoms with van der Waals surface area (Å²) < 4.78 is 5.35. The van der Waals surface area contributed by atoms with Crippen molar-refractivity contribution < 1.29 is 9.53 Å². The van der Waals surface area contributed by atoms with Gasteiger partial charge in [-0.25, -0.2) is 0 Å². The molecule has 0 aromatic heterocycles. The topological polar surface area (TPSA) is 44.8 Å². The molecule has 0 bridgehead atoms. The van der Waals surface area contributed by atoms with E-state index in [1.54, 1.807) is 7.11 Å². The van der Waals surface area contributed by atoms with Crippen molar-refractivity contribution in [3.05, 3.63) is 35.9 Å². The quantitative estimate of drug-likeness (QED) is 0.798. The normalized spacial score (nSPS) is 21.9. The number of nitrogens with zero attached hydrogens (tertiary/aromatic N) is 2. The average Bonchev–Trinajstić information content (AvgIpc) is 2.73. The maximum atomic E-state index is 12.8. The van der Waals surface area contributed by atoms with Gasteiger partial charge in [0.15, 0.2) is 0 Å². The van der Waals surface area contributed by atoms with E-state index in [1.165, 1.54) is 32.5 Å². The molecule has 3 rings (SSSR count). The Bertz CT molecular complexity index is 576. The van der Waals surface area contributed by atoms with Crippen LogP contribution in [0.15, 0.2) is 30.3 Å². The fourth-order valence-electron chi connectivity index (χ4n) is 4.56. The van der Waals surface area contributed by atoms with Gasteiger partial charge in [0, 0.05) is 44.0 Å². The SMILES string of the molecule is CCN1CCC(N2CCC(CCOC)(NC(=O)c3ccccc3)CC2)CC1. The number of carbonyl (C=O) groups excluding carboxylic acids is 1. The number of benzene rings is 1. The lowest BCUT2D eigenvalue weighted by Gasteiger charge is -2.46. The molecule has 5 nitrogen and oxygen atoms in total. The van der Waals surface area contributed by atoms with Gasteiger partial charge in [-0.2, -0.15) is 0 Å². The summed E-state index contributed by atoms with van der Waals surface area (Å²) in [4.78, 5) is 18.0. The number of hydrogen-bond donors (Lipinski definition) is 1. The number of hydrogen-bond acceptors (Lipinski definition) is 4. The standard InChI is InChI=1S/C22H35N3O2/c1-3-24-14-9-20(10-15-24)25-16-11-22(12-17-25,13-18-27-2)23-21(26)19-7-5-4-6-8-19/h4-8,20H,3,9-18H2,1-2H3,(H,23,26). The van der Waals surface area contributed by atoms with Crippen LogP contribution in [-0.4, -0.2) is 73.7 Å². The van der Waals surface area contributed by atoms with Crippen LogP contribution in [0.25, 0.3) is 0 Å². The zero-order valence-corrected chi connectivity index (χ0v) is 17.0. The van der Waals surface area contributed by atoms with E-state index >= 15 is 0 Å². The Hall–Kier alpha value is -1.43. The zero-order valence-electron chi connectivity index (χ0n) is 17.0. The third-order valence-electron chi connectivity index (χ3n) is 6.48. The number of rotatable bonds is 7. The molecule has 0 atom stereocenters. The smallest absolute Gasteiger partial charge is 0.251 e. The maximum Gasteiger partial charge on any atom is 0.251 e. The van der Waals surface area contributed by atoms with Crippen molar-refractivity contribution in [2.24, 2.45) is 0 Å². The Morgan fingerprint density at radius 1 is 1.15 bits per heavy atom. The second-order valence-electron chi connectivity index (χ2n) is 8.04. The molecule has 1 N–H and O–H groups in total. The van der Waals surface area contributed by atoms with E-state index in [1.807, 2.05) is 30.3 Å². The van der Waals surface area contributed by atoms with Crippen molar-refractivity contribution >= 4 is 5.91 Å². The zero-order chi connectivity index (χ0) is 19.1. The molecule has 0 aliphatic carbocycles. The number of amides is 1. The summed E-state index contributed by atoms with van der Waals surface area (Å²) in [5, 5.41) is 3.37. The molecule has 0 unspecified atom stereocenters. The molecule has 0 radical (unpaired) electrons. The minimum absolute atomic E-state index is 0.0383. The van der Waals surface area contributed by atoms with Crippen LogP contribution in [0.1, 0.15) is 49.4 Å². The highest BCUT2D eigenvalue weighted by Crippen LogP contribution is 2.29. The first-order valence-electron chi connectivity index (χ1n) is 10.5. The molecule has 0 saturated carbocycles. The second kappa shape index (κ2) is 9.67. The second-order valence-corrected chi connectivity index (χ2v) is 8.04. The van der Waals surface area contributed by atoms with Crippen LogP contribution in [-0.2, 0) is 4.74 Å². The first-order valence-corrected chi connectivity index (χ1v) is 10.5. The lowest BCUT2D eigenvalue weighted by molar-refractivity contribution is 0.0442. The van der Waals surface area contributed by atoms with Crippen LogP contribution in [0, 0.1) is 0 Å². The fraction of sp³-hybridized carbons (Fsp3) is 0.682. The van der Waals surface area contributed by atoms with E-state index in [2.05, 4.69) is 22.0 Å². The van der Waals surface area contributed by atoms with Gasteiger partial charge >= 0.3 is 0 Å². The molecular formula is C22H35N3O2. The van der Waals surface area contributed by atoms with Gasteiger partial charge < -0.3 is 19.9 Å². The Morgan fingerprint density at radius 3 is 2.41 bits per heavy atom. The fourth-order valence-corrected chi connectivity index (χ4v) is 4.56. The molecule has 150 valence electrons. The average molecular weight is 374 g/mol. The molecule has 27 heavy (non-hydrogen) atoms. The van der Waals surface area contributed by atoms with E-state index in [-0.39, 0.29) is 11.4 Å². The number of carbonyl (C=O) groups is 1. The van der Waals surface area contributed by atoms with Gasteiger partial charge in [-0.15, -0.1) is 0 Å². The Kier molecular flexibility index (Phi) is 7.27. The lowest BCUT2D eigenvalue weighted by Crippen LogP contribution is -2.58. The number of methoxy groups -OCH3 is 1. The van der Waals surface area contributed by atoms with Crippen molar-refractivity contribution in [1.82, 2.24) is 15.1 Å². The molecule has 2 fully saturated rings. The van der Waals surface area contributed by atoms with Crippen LogP contribution < -0.4 is 5.32 Å². The Labute approximate surface area is 164 Å². The molecule has 5 heteroatoms. The highest BCUT2D eigenvalue weighted by atomic mass is 16.5.